The zero-order chi connectivity index (χ0) is 16.8. The van der Waals surface area contributed by atoms with Gasteiger partial charge in [0.15, 0.2) is 0 Å². The molecule has 0 aromatic carbocycles. The van der Waals surface area contributed by atoms with Crippen LogP contribution in [0.25, 0.3) is 0 Å². The van der Waals surface area contributed by atoms with E-state index < -0.39 is 17.8 Å². The van der Waals surface area contributed by atoms with Crippen molar-refractivity contribution in [3.05, 3.63) is 30.1 Å². The van der Waals surface area contributed by atoms with Gasteiger partial charge in [0, 0.05) is 49.7 Å². The van der Waals surface area contributed by atoms with Gasteiger partial charge < -0.3 is 9.64 Å². The summed E-state index contributed by atoms with van der Waals surface area (Å²) in [4.78, 5) is 19.1. The molecule has 24 heavy (non-hydrogen) atoms. The van der Waals surface area contributed by atoms with Crippen molar-refractivity contribution in [3.8, 4) is 0 Å². The average Bonchev–Trinajstić information content (AvgIpc) is 3.34. The summed E-state index contributed by atoms with van der Waals surface area (Å²) in [6.45, 7) is 2.13. The van der Waals surface area contributed by atoms with Gasteiger partial charge in [-0.3, -0.25) is 9.78 Å². The van der Waals surface area contributed by atoms with E-state index >= 15 is 0 Å². The summed E-state index contributed by atoms with van der Waals surface area (Å²) in [5.74, 6) is -3.60. The topological polar surface area (TPSA) is 45.7 Å². The molecule has 1 saturated carbocycles. The number of halogens is 2. The van der Waals surface area contributed by atoms with Crippen molar-refractivity contribution in [2.45, 2.75) is 49.5 Å². The van der Waals surface area contributed by atoms with Gasteiger partial charge in [-0.1, -0.05) is 6.07 Å². The SMILES string of the molecule is O=C([C@@H]1CCC(F)(F)C[C@H]1c1ccccn1)N1CCC2(CC1)CO2. The van der Waals surface area contributed by atoms with E-state index in [0.717, 1.165) is 19.4 Å². The van der Waals surface area contributed by atoms with Crippen LogP contribution in [-0.2, 0) is 9.53 Å². The lowest BCUT2D eigenvalue weighted by atomic mass is 9.74. The molecule has 1 amide bonds. The highest BCUT2D eigenvalue weighted by Gasteiger charge is 2.50. The molecular weight excluding hydrogens is 314 g/mol. The number of piperidine rings is 1. The Balaban J connectivity index is 1.52. The fraction of sp³-hybridized carbons (Fsp3) is 0.667. The third kappa shape index (κ3) is 3.04. The number of pyridine rings is 1. The molecule has 1 aromatic heterocycles. The number of ether oxygens (including phenoxy) is 1. The van der Waals surface area contributed by atoms with Gasteiger partial charge >= 0.3 is 0 Å². The predicted octanol–water partition coefficient (Wildman–Crippen LogP) is 2.99. The van der Waals surface area contributed by atoms with E-state index in [9.17, 15) is 13.6 Å². The van der Waals surface area contributed by atoms with Crippen molar-refractivity contribution in [1.29, 1.82) is 0 Å². The quantitative estimate of drug-likeness (QED) is 0.780. The number of epoxide rings is 1. The Hall–Kier alpha value is -1.56. The van der Waals surface area contributed by atoms with Crippen molar-refractivity contribution >= 4 is 5.91 Å². The molecule has 0 N–H and O–H groups in total. The highest BCUT2D eigenvalue weighted by Crippen LogP contribution is 2.46. The minimum absolute atomic E-state index is 0.0107. The molecule has 3 fully saturated rings. The van der Waals surface area contributed by atoms with Gasteiger partial charge in [0.25, 0.3) is 0 Å². The number of aromatic nitrogens is 1. The Bertz CT molecular complexity index is 609. The van der Waals surface area contributed by atoms with Gasteiger partial charge in [-0.25, -0.2) is 8.78 Å². The number of likely N-dealkylation sites (tertiary alicyclic amines) is 1. The number of carbonyl (C=O) groups excluding carboxylic acids is 1. The number of carbonyl (C=O) groups is 1. The number of rotatable bonds is 2. The van der Waals surface area contributed by atoms with E-state index in [1.54, 1.807) is 24.4 Å². The highest BCUT2D eigenvalue weighted by atomic mass is 19.3. The van der Waals surface area contributed by atoms with Crippen molar-refractivity contribution in [2.75, 3.05) is 19.7 Å². The van der Waals surface area contributed by atoms with Crippen LogP contribution < -0.4 is 0 Å². The van der Waals surface area contributed by atoms with E-state index in [0.29, 0.717) is 18.8 Å². The number of amides is 1. The molecule has 0 radical (unpaired) electrons. The molecule has 6 heteroatoms. The van der Waals surface area contributed by atoms with Crippen molar-refractivity contribution in [3.63, 3.8) is 0 Å². The maximum atomic E-state index is 14.0. The van der Waals surface area contributed by atoms with E-state index in [4.69, 9.17) is 4.74 Å². The molecule has 2 atom stereocenters. The average molecular weight is 336 g/mol. The van der Waals surface area contributed by atoms with Crippen molar-refractivity contribution < 1.29 is 18.3 Å². The van der Waals surface area contributed by atoms with E-state index in [-0.39, 0.29) is 30.8 Å². The van der Waals surface area contributed by atoms with E-state index in [1.807, 2.05) is 4.90 Å². The van der Waals surface area contributed by atoms with Gasteiger partial charge in [-0.15, -0.1) is 0 Å². The van der Waals surface area contributed by atoms with Crippen LogP contribution in [0.2, 0.25) is 0 Å². The van der Waals surface area contributed by atoms with Crippen LogP contribution in [0, 0.1) is 5.92 Å². The third-order valence-electron chi connectivity index (χ3n) is 5.75. The van der Waals surface area contributed by atoms with Gasteiger partial charge in [0.1, 0.15) is 0 Å². The van der Waals surface area contributed by atoms with Crippen molar-refractivity contribution in [1.82, 2.24) is 9.88 Å². The first kappa shape index (κ1) is 15.9. The van der Waals surface area contributed by atoms with Crippen molar-refractivity contribution in [2.24, 2.45) is 5.92 Å². The Kier molecular flexibility index (Phi) is 3.82. The molecule has 1 aromatic rings. The van der Waals surface area contributed by atoms with Crippen LogP contribution in [0.1, 0.15) is 43.7 Å². The Morgan fingerprint density at radius 2 is 2.00 bits per heavy atom. The summed E-state index contributed by atoms with van der Waals surface area (Å²) in [7, 11) is 0. The fourth-order valence-electron chi connectivity index (χ4n) is 4.10. The maximum absolute atomic E-state index is 14.0. The molecule has 1 aliphatic carbocycles. The van der Waals surface area contributed by atoms with Gasteiger partial charge in [-0.05, 0) is 31.4 Å². The van der Waals surface area contributed by atoms with Crippen LogP contribution in [0.5, 0.6) is 0 Å². The Morgan fingerprint density at radius 1 is 1.25 bits per heavy atom. The summed E-state index contributed by atoms with van der Waals surface area (Å²) in [5, 5.41) is 0. The van der Waals surface area contributed by atoms with Gasteiger partial charge in [-0.2, -0.15) is 0 Å². The number of hydrogen-bond donors (Lipinski definition) is 0. The summed E-state index contributed by atoms with van der Waals surface area (Å²) in [6.07, 6.45) is 3.05. The van der Waals surface area contributed by atoms with E-state index in [2.05, 4.69) is 4.98 Å². The van der Waals surface area contributed by atoms with Crippen LogP contribution in [0.3, 0.4) is 0 Å². The minimum atomic E-state index is -2.72. The molecule has 2 aliphatic heterocycles. The maximum Gasteiger partial charge on any atom is 0.248 e. The molecular formula is C18H22F2N2O2. The second-order valence-electron chi connectivity index (χ2n) is 7.36. The summed E-state index contributed by atoms with van der Waals surface area (Å²) < 4.78 is 33.4. The molecule has 3 heterocycles. The Labute approximate surface area is 140 Å². The first-order chi connectivity index (χ1) is 11.5. The lowest BCUT2D eigenvalue weighted by Crippen LogP contribution is -2.47. The van der Waals surface area contributed by atoms with Crippen LogP contribution in [0.15, 0.2) is 24.4 Å². The molecule has 3 aliphatic rings. The highest BCUT2D eigenvalue weighted by molar-refractivity contribution is 5.80. The molecule has 0 unspecified atom stereocenters. The largest absolute Gasteiger partial charge is 0.369 e. The molecule has 0 bridgehead atoms. The monoisotopic (exact) mass is 336 g/mol. The first-order valence-electron chi connectivity index (χ1n) is 8.70. The smallest absolute Gasteiger partial charge is 0.248 e. The minimum Gasteiger partial charge on any atom is -0.369 e. The predicted molar refractivity (Wildman–Crippen MR) is 83.8 cm³/mol. The molecule has 1 spiro atoms. The number of hydrogen-bond acceptors (Lipinski definition) is 3. The molecule has 4 nitrogen and oxygen atoms in total. The lowest BCUT2D eigenvalue weighted by Gasteiger charge is -2.39. The van der Waals surface area contributed by atoms with Gasteiger partial charge in [0.2, 0.25) is 11.8 Å². The normalized spacial score (nSPS) is 31.0. The molecule has 4 rings (SSSR count). The third-order valence-corrected chi connectivity index (χ3v) is 5.75. The number of alkyl halides is 2. The second kappa shape index (κ2) is 5.76. The summed E-state index contributed by atoms with van der Waals surface area (Å²) in [6, 6.07) is 5.32. The van der Waals surface area contributed by atoms with Gasteiger partial charge in [0.05, 0.1) is 12.2 Å². The molecule has 2 saturated heterocycles. The van der Waals surface area contributed by atoms with Crippen LogP contribution in [0.4, 0.5) is 8.78 Å². The number of nitrogens with zero attached hydrogens (tertiary/aromatic N) is 2. The first-order valence-corrected chi connectivity index (χ1v) is 8.70. The second-order valence-corrected chi connectivity index (χ2v) is 7.36. The lowest BCUT2D eigenvalue weighted by molar-refractivity contribution is -0.142. The Morgan fingerprint density at radius 3 is 2.62 bits per heavy atom. The fourth-order valence-corrected chi connectivity index (χ4v) is 4.10. The summed E-state index contributed by atoms with van der Waals surface area (Å²) >= 11 is 0. The molecule has 130 valence electrons. The summed E-state index contributed by atoms with van der Waals surface area (Å²) in [5.41, 5.74) is 0.616. The zero-order valence-electron chi connectivity index (χ0n) is 13.6. The standard InChI is InChI=1S/C18H22F2N2O2/c19-18(20)5-4-13(14(11-18)15-3-1-2-8-21-15)16(23)22-9-6-17(7-10-22)12-24-17/h1-3,8,13-14H,4-7,9-12H2/t13-,14-/m1/s1. The van der Waals surface area contributed by atoms with Crippen LogP contribution >= 0.6 is 0 Å². The van der Waals surface area contributed by atoms with Crippen LogP contribution in [-0.4, -0.2) is 47.0 Å². The zero-order valence-corrected chi connectivity index (χ0v) is 13.6. The van der Waals surface area contributed by atoms with E-state index in [1.165, 1.54) is 0 Å².